The Morgan fingerprint density at radius 2 is 2.00 bits per heavy atom. The standard InChI is InChI=1S/C12H17BrClN3/c1-16-4-6-17(7-5-16)15-9-10-2-3-11(13)8-12(10)14/h2-3,8,15H,4-7,9H2,1H3. The monoisotopic (exact) mass is 317 g/mol. The highest BCUT2D eigenvalue weighted by Crippen LogP contribution is 2.21. The highest BCUT2D eigenvalue weighted by Gasteiger charge is 2.13. The summed E-state index contributed by atoms with van der Waals surface area (Å²) in [6, 6.07) is 6.00. The number of rotatable bonds is 3. The highest BCUT2D eigenvalue weighted by atomic mass is 79.9. The molecule has 0 saturated carbocycles. The van der Waals surface area contributed by atoms with E-state index in [-0.39, 0.29) is 0 Å². The molecule has 1 aliphatic rings. The first-order chi connectivity index (χ1) is 8.15. The Hall–Kier alpha value is -0.130. The Bertz CT molecular complexity index is 378. The zero-order chi connectivity index (χ0) is 12.3. The topological polar surface area (TPSA) is 18.5 Å². The fourth-order valence-electron chi connectivity index (χ4n) is 1.83. The predicted molar refractivity (Wildman–Crippen MR) is 75.1 cm³/mol. The van der Waals surface area contributed by atoms with Crippen LogP contribution in [0.1, 0.15) is 5.56 Å². The zero-order valence-corrected chi connectivity index (χ0v) is 12.3. The van der Waals surface area contributed by atoms with Gasteiger partial charge in [0.2, 0.25) is 0 Å². The maximum Gasteiger partial charge on any atom is 0.0462 e. The number of hydrogen-bond donors (Lipinski definition) is 1. The Morgan fingerprint density at radius 3 is 2.65 bits per heavy atom. The Morgan fingerprint density at radius 1 is 1.29 bits per heavy atom. The summed E-state index contributed by atoms with van der Waals surface area (Å²) in [5.41, 5.74) is 4.56. The Labute approximate surface area is 116 Å². The molecule has 0 amide bonds. The molecule has 0 spiro atoms. The molecule has 2 rings (SSSR count). The second-order valence-electron chi connectivity index (χ2n) is 4.36. The van der Waals surface area contributed by atoms with Crippen LogP contribution in [0.2, 0.25) is 5.02 Å². The summed E-state index contributed by atoms with van der Waals surface area (Å²) >= 11 is 9.58. The van der Waals surface area contributed by atoms with Crippen molar-refractivity contribution < 1.29 is 0 Å². The number of nitrogens with one attached hydrogen (secondary N) is 1. The van der Waals surface area contributed by atoms with E-state index >= 15 is 0 Å². The van der Waals surface area contributed by atoms with Gasteiger partial charge in [-0.2, -0.15) is 0 Å². The van der Waals surface area contributed by atoms with Gasteiger partial charge >= 0.3 is 0 Å². The van der Waals surface area contributed by atoms with Gasteiger partial charge in [-0.25, -0.2) is 5.01 Å². The van der Waals surface area contributed by atoms with Crippen LogP contribution in [0.15, 0.2) is 22.7 Å². The number of hydrazine groups is 1. The van der Waals surface area contributed by atoms with Crippen molar-refractivity contribution in [3.05, 3.63) is 33.3 Å². The number of benzene rings is 1. The third kappa shape index (κ3) is 3.93. The number of halogens is 2. The second kappa shape index (κ2) is 6.16. The molecule has 5 heteroatoms. The number of hydrogen-bond acceptors (Lipinski definition) is 3. The van der Waals surface area contributed by atoms with Gasteiger partial charge in [0, 0.05) is 42.2 Å². The average Bonchev–Trinajstić information content (AvgIpc) is 2.30. The van der Waals surface area contributed by atoms with Crippen LogP contribution >= 0.6 is 27.5 Å². The minimum absolute atomic E-state index is 0.788. The van der Waals surface area contributed by atoms with Gasteiger partial charge in [-0.3, -0.25) is 5.43 Å². The van der Waals surface area contributed by atoms with E-state index in [0.717, 1.165) is 47.8 Å². The molecule has 1 N–H and O–H groups in total. The first-order valence-corrected chi connectivity index (χ1v) is 6.93. The summed E-state index contributed by atoms with van der Waals surface area (Å²) in [6.07, 6.45) is 0. The van der Waals surface area contributed by atoms with Gasteiger partial charge in [0.15, 0.2) is 0 Å². The molecule has 1 aromatic carbocycles. The van der Waals surface area contributed by atoms with Gasteiger partial charge in [-0.15, -0.1) is 0 Å². The smallest absolute Gasteiger partial charge is 0.0462 e. The summed E-state index contributed by atoms with van der Waals surface area (Å²) in [5, 5.41) is 3.07. The van der Waals surface area contributed by atoms with E-state index in [1.807, 2.05) is 12.1 Å². The van der Waals surface area contributed by atoms with Crippen LogP contribution in [0.3, 0.4) is 0 Å². The molecule has 1 heterocycles. The molecule has 94 valence electrons. The van der Waals surface area contributed by atoms with Crippen molar-refractivity contribution in [3.63, 3.8) is 0 Å². The van der Waals surface area contributed by atoms with Crippen molar-refractivity contribution in [2.45, 2.75) is 6.54 Å². The molecule has 0 bridgehead atoms. The van der Waals surface area contributed by atoms with Crippen LogP contribution in [0.5, 0.6) is 0 Å². The summed E-state index contributed by atoms with van der Waals surface area (Å²) in [5.74, 6) is 0. The minimum Gasteiger partial charge on any atom is -0.304 e. The fourth-order valence-corrected chi connectivity index (χ4v) is 2.57. The second-order valence-corrected chi connectivity index (χ2v) is 5.68. The van der Waals surface area contributed by atoms with E-state index in [1.54, 1.807) is 0 Å². The lowest BCUT2D eigenvalue weighted by Crippen LogP contribution is -2.50. The van der Waals surface area contributed by atoms with E-state index in [0.29, 0.717) is 0 Å². The largest absolute Gasteiger partial charge is 0.304 e. The van der Waals surface area contributed by atoms with E-state index in [9.17, 15) is 0 Å². The third-order valence-electron chi connectivity index (χ3n) is 3.01. The van der Waals surface area contributed by atoms with E-state index < -0.39 is 0 Å². The van der Waals surface area contributed by atoms with Gasteiger partial charge in [-0.1, -0.05) is 33.6 Å². The van der Waals surface area contributed by atoms with Crippen molar-refractivity contribution in [1.82, 2.24) is 15.3 Å². The third-order valence-corrected chi connectivity index (χ3v) is 3.86. The van der Waals surface area contributed by atoms with Gasteiger partial charge in [-0.05, 0) is 24.7 Å². The predicted octanol–water partition coefficient (Wildman–Crippen LogP) is 2.35. The number of likely N-dealkylation sites (N-methyl/N-ethyl adjacent to an activating group) is 1. The SMILES string of the molecule is CN1CCN(NCc2ccc(Br)cc2Cl)CC1. The van der Waals surface area contributed by atoms with Crippen molar-refractivity contribution in [3.8, 4) is 0 Å². The van der Waals surface area contributed by atoms with Crippen LogP contribution < -0.4 is 5.43 Å². The van der Waals surface area contributed by atoms with Crippen molar-refractivity contribution in [1.29, 1.82) is 0 Å². The van der Waals surface area contributed by atoms with E-state index in [1.165, 1.54) is 0 Å². The number of nitrogens with zero attached hydrogens (tertiary/aromatic N) is 2. The fraction of sp³-hybridized carbons (Fsp3) is 0.500. The maximum atomic E-state index is 6.17. The van der Waals surface area contributed by atoms with Gasteiger partial charge in [0.1, 0.15) is 0 Å². The molecule has 1 saturated heterocycles. The normalized spacial score (nSPS) is 18.5. The molecular formula is C12H17BrClN3. The van der Waals surface area contributed by atoms with E-state index in [4.69, 9.17) is 11.6 Å². The molecule has 0 aromatic heterocycles. The first kappa shape index (κ1) is 13.3. The highest BCUT2D eigenvalue weighted by molar-refractivity contribution is 9.10. The van der Waals surface area contributed by atoms with Crippen molar-refractivity contribution >= 4 is 27.5 Å². The molecule has 17 heavy (non-hydrogen) atoms. The zero-order valence-electron chi connectivity index (χ0n) is 9.92. The molecule has 0 radical (unpaired) electrons. The first-order valence-electron chi connectivity index (χ1n) is 5.76. The average molecular weight is 319 g/mol. The summed E-state index contributed by atoms with van der Waals surface area (Å²) in [4.78, 5) is 2.34. The minimum atomic E-state index is 0.788. The molecule has 3 nitrogen and oxygen atoms in total. The van der Waals surface area contributed by atoms with Gasteiger partial charge in [0.25, 0.3) is 0 Å². The maximum absolute atomic E-state index is 6.17. The van der Waals surface area contributed by atoms with Crippen LogP contribution in [-0.2, 0) is 6.54 Å². The Kier molecular flexibility index (Phi) is 4.82. The number of piperazine rings is 1. The Balaban J connectivity index is 1.85. The quantitative estimate of drug-likeness (QED) is 0.923. The summed E-state index contributed by atoms with van der Waals surface area (Å²) in [7, 11) is 2.16. The lowest BCUT2D eigenvalue weighted by atomic mass is 10.2. The van der Waals surface area contributed by atoms with E-state index in [2.05, 4.69) is 44.4 Å². The van der Waals surface area contributed by atoms with Crippen molar-refractivity contribution in [2.75, 3.05) is 33.2 Å². The lowest BCUT2D eigenvalue weighted by Gasteiger charge is -2.32. The van der Waals surface area contributed by atoms with Crippen LogP contribution in [-0.4, -0.2) is 43.1 Å². The lowest BCUT2D eigenvalue weighted by molar-refractivity contribution is 0.102. The molecule has 1 fully saturated rings. The molecule has 0 unspecified atom stereocenters. The molecule has 1 aliphatic heterocycles. The molecular weight excluding hydrogens is 302 g/mol. The van der Waals surface area contributed by atoms with Crippen LogP contribution in [0, 0.1) is 0 Å². The van der Waals surface area contributed by atoms with Crippen molar-refractivity contribution in [2.24, 2.45) is 0 Å². The summed E-state index contributed by atoms with van der Waals surface area (Å²) in [6.45, 7) is 5.13. The van der Waals surface area contributed by atoms with Crippen LogP contribution in [0.25, 0.3) is 0 Å². The molecule has 0 aliphatic carbocycles. The van der Waals surface area contributed by atoms with Gasteiger partial charge < -0.3 is 4.90 Å². The van der Waals surface area contributed by atoms with Gasteiger partial charge in [0.05, 0.1) is 0 Å². The van der Waals surface area contributed by atoms with Crippen LogP contribution in [0.4, 0.5) is 0 Å². The molecule has 0 atom stereocenters. The molecule has 1 aromatic rings. The summed E-state index contributed by atoms with van der Waals surface area (Å²) < 4.78 is 1.02.